The third kappa shape index (κ3) is 4.07. The molecule has 1 aliphatic carbocycles. The van der Waals surface area contributed by atoms with E-state index >= 15 is 0 Å². The van der Waals surface area contributed by atoms with Crippen LogP contribution in [0, 0.1) is 12.3 Å². The maximum absolute atomic E-state index is 13.1. The van der Waals surface area contributed by atoms with Gasteiger partial charge in [-0.05, 0) is 38.2 Å². The number of hydrogen-bond donors (Lipinski definition) is 2. The van der Waals surface area contributed by atoms with Crippen molar-refractivity contribution in [3.05, 3.63) is 34.9 Å². The van der Waals surface area contributed by atoms with E-state index in [1.54, 1.807) is 11.5 Å². The normalized spacial score (nSPS) is 19.2. The van der Waals surface area contributed by atoms with E-state index in [1.165, 1.54) is 7.11 Å². The maximum Gasteiger partial charge on any atom is 0.319 e. The van der Waals surface area contributed by atoms with Gasteiger partial charge in [0, 0.05) is 12.0 Å². The molecule has 1 amide bonds. The van der Waals surface area contributed by atoms with E-state index in [4.69, 9.17) is 9.94 Å². The van der Waals surface area contributed by atoms with Crippen LogP contribution in [-0.2, 0) is 20.7 Å². The van der Waals surface area contributed by atoms with Crippen molar-refractivity contribution in [3.63, 3.8) is 0 Å². The highest BCUT2D eigenvalue weighted by Crippen LogP contribution is 2.41. The summed E-state index contributed by atoms with van der Waals surface area (Å²) in [6.07, 6.45) is 3.68. The summed E-state index contributed by atoms with van der Waals surface area (Å²) in [4.78, 5) is 36.5. The van der Waals surface area contributed by atoms with Gasteiger partial charge >= 0.3 is 5.97 Å². The highest BCUT2D eigenvalue weighted by Gasteiger charge is 2.49. The molecular weight excluding hydrogens is 322 g/mol. The van der Waals surface area contributed by atoms with E-state index in [2.05, 4.69) is 0 Å². The Kier molecular flexibility index (Phi) is 6.31. The van der Waals surface area contributed by atoms with Crippen molar-refractivity contribution in [1.82, 2.24) is 5.48 Å². The fourth-order valence-corrected chi connectivity index (χ4v) is 3.55. The molecule has 0 aromatic heterocycles. The second-order valence-corrected chi connectivity index (χ2v) is 6.66. The van der Waals surface area contributed by atoms with Gasteiger partial charge in [-0.2, -0.15) is 0 Å². The average Bonchev–Trinajstić information content (AvgIpc) is 2.62. The number of carbonyl (C=O) groups is 3. The van der Waals surface area contributed by atoms with Gasteiger partial charge in [-0.15, -0.1) is 0 Å². The molecule has 0 radical (unpaired) electrons. The van der Waals surface area contributed by atoms with Crippen LogP contribution in [-0.4, -0.2) is 30.0 Å². The number of amides is 1. The minimum atomic E-state index is -1.13. The third-order valence-electron chi connectivity index (χ3n) is 4.97. The molecule has 0 saturated heterocycles. The number of methoxy groups -OCH3 is 1. The van der Waals surface area contributed by atoms with Gasteiger partial charge in [-0.1, -0.05) is 36.6 Å². The van der Waals surface area contributed by atoms with Crippen molar-refractivity contribution >= 4 is 17.7 Å². The lowest BCUT2D eigenvalue weighted by molar-refractivity contribution is -0.150. The van der Waals surface area contributed by atoms with Gasteiger partial charge in [0.1, 0.15) is 5.41 Å². The van der Waals surface area contributed by atoms with E-state index in [1.807, 2.05) is 19.1 Å². The largest absolute Gasteiger partial charge is 0.468 e. The number of carbonyl (C=O) groups excluding carboxylic acids is 3. The summed E-state index contributed by atoms with van der Waals surface area (Å²) in [5.41, 5.74) is 3.17. The number of ketones is 1. The fourth-order valence-electron chi connectivity index (χ4n) is 3.55. The molecule has 0 heterocycles. The zero-order valence-corrected chi connectivity index (χ0v) is 14.8. The molecule has 1 unspecified atom stereocenters. The van der Waals surface area contributed by atoms with Crippen molar-refractivity contribution in [2.75, 3.05) is 7.11 Å². The Labute approximate surface area is 147 Å². The molecule has 1 aliphatic rings. The topological polar surface area (TPSA) is 92.7 Å². The van der Waals surface area contributed by atoms with Crippen LogP contribution in [0.1, 0.15) is 60.0 Å². The van der Waals surface area contributed by atoms with Crippen LogP contribution < -0.4 is 5.48 Å². The minimum Gasteiger partial charge on any atom is -0.468 e. The number of hydrogen-bond acceptors (Lipinski definition) is 5. The summed E-state index contributed by atoms with van der Waals surface area (Å²) in [5, 5.41) is 8.48. The molecular formula is C19H25NO5. The van der Waals surface area contributed by atoms with Crippen LogP contribution >= 0.6 is 0 Å². The molecule has 6 heteroatoms. The highest BCUT2D eigenvalue weighted by molar-refractivity contribution is 6.14. The fraction of sp³-hybridized carbons (Fsp3) is 0.526. The summed E-state index contributed by atoms with van der Waals surface area (Å²) >= 11 is 0. The lowest BCUT2D eigenvalue weighted by Gasteiger charge is -2.34. The number of benzene rings is 1. The Morgan fingerprint density at radius 3 is 2.72 bits per heavy atom. The minimum absolute atomic E-state index is 0.159. The Bertz CT molecular complexity index is 670. The number of unbranched alkanes of at least 4 members (excludes halogenated alkanes) is 2. The molecule has 136 valence electrons. The molecule has 2 rings (SSSR count). The maximum atomic E-state index is 13.1. The Morgan fingerprint density at radius 1 is 1.28 bits per heavy atom. The van der Waals surface area contributed by atoms with E-state index < -0.39 is 17.3 Å². The van der Waals surface area contributed by atoms with E-state index in [-0.39, 0.29) is 12.2 Å². The summed E-state index contributed by atoms with van der Waals surface area (Å²) in [6, 6.07) is 5.69. The van der Waals surface area contributed by atoms with Crippen LogP contribution in [0.5, 0.6) is 0 Å². The molecule has 1 aromatic rings. The van der Waals surface area contributed by atoms with Crippen molar-refractivity contribution in [2.24, 2.45) is 5.41 Å². The van der Waals surface area contributed by atoms with Crippen molar-refractivity contribution < 1.29 is 24.3 Å². The van der Waals surface area contributed by atoms with Gasteiger partial charge in [0.25, 0.3) is 0 Å². The second-order valence-electron chi connectivity index (χ2n) is 6.66. The molecule has 25 heavy (non-hydrogen) atoms. The Hall–Kier alpha value is -2.21. The molecule has 0 spiro atoms. The quantitative estimate of drug-likeness (QED) is 0.260. The number of Topliss-reactive ketones (excluding diaryl/α,β-unsaturated/α-hetero) is 1. The van der Waals surface area contributed by atoms with Crippen LogP contribution in [0.4, 0.5) is 0 Å². The molecule has 6 nitrogen and oxygen atoms in total. The molecule has 2 N–H and O–H groups in total. The second kappa shape index (κ2) is 8.25. The predicted octanol–water partition coefficient (Wildman–Crippen LogP) is 2.74. The SMILES string of the molecule is COC(=O)C1(CCCCCC(=O)NO)CCc2cc(C)ccc2C1=O. The molecule has 0 bridgehead atoms. The van der Waals surface area contributed by atoms with Crippen LogP contribution in [0.25, 0.3) is 0 Å². The molecule has 0 saturated carbocycles. The third-order valence-corrected chi connectivity index (χ3v) is 4.97. The van der Waals surface area contributed by atoms with Crippen LogP contribution in [0.3, 0.4) is 0 Å². The van der Waals surface area contributed by atoms with Gasteiger partial charge in [0.05, 0.1) is 7.11 Å². The summed E-state index contributed by atoms with van der Waals surface area (Å²) in [5.74, 6) is -1.06. The molecule has 0 fully saturated rings. The van der Waals surface area contributed by atoms with E-state index in [9.17, 15) is 14.4 Å². The molecule has 0 aliphatic heterocycles. The van der Waals surface area contributed by atoms with Crippen LogP contribution in [0.15, 0.2) is 18.2 Å². The first-order valence-electron chi connectivity index (χ1n) is 8.60. The number of fused-ring (bicyclic) bond motifs is 1. The van der Waals surface area contributed by atoms with E-state index in [0.29, 0.717) is 44.1 Å². The Morgan fingerprint density at radius 2 is 2.04 bits per heavy atom. The summed E-state index contributed by atoms with van der Waals surface area (Å²) < 4.78 is 4.96. The highest BCUT2D eigenvalue weighted by atomic mass is 16.5. The first-order valence-corrected chi connectivity index (χ1v) is 8.60. The van der Waals surface area contributed by atoms with E-state index in [0.717, 1.165) is 11.1 Å². The first kappa shape index (κ1) is 19.1. The van der Waals surface area contributed by atoms with Gasteiger partial charge < -0.3 is 4.74 Å². The Balaban J connectivity index is 2.11. The summed E-state index contributed by atoms with van der Waals surface area (Å²) in [6.45, 7) is 1.98. The lowest BCUT2D eigenvalue weighted by atomic mass is 9.67. The number of esters is 1. The molecule has 1 atom stereocenters. The van der Waals surface area contributed by atoms with Crippen LogP contribution in [0.2, 0.25) is 0 Å². The first-order chi connectivity index (χ1) is 11.9. The average molecular weight is 347 g/mol. The van der Waals surface area contributed by atoms with Gasteiger partial charge in [-0.3, -0.25) is 19.6 Å². The predicted molar refractivity (Wildman–Crippen MR) is 91.3 cm³/mol. The van der Waals surface area contributed by atoms with Crippen molar-refractivity contribution in [2.45, 2.75) is 51.9 Å². The lowest BCUT2D eigenvalue weighted by Crippen LogP contribution is -2.43. The zero-order chi connectivity index (χ0) is 18.4. The van der Waals surface area contributed by atoms with Gasteiger partial charge in [-0.25, -0.2) is 5.48 Å². The number of hydroxylamine groups is 1. The number of rotatable bonds is 7. The van der Waals surface area contributed by atoms with Gasteiger partial charge in [0.2, 0.25) is 5.91 Å². The van der Waals surface area contributed by atoms with Crippen molar-refractivity contribution in [1.29, 1.82) is 0 Å². The number of aryl methyl sites for hydroxylation is 2. The number of nitrogens with one attached hydrogen (secondary N) is 1. The monoisotopic (exact) mass is 347 g/mol. The van der Waals surface area contributed by atoms with Gasteiger partial charge in [0.15, 0.2) is 5.78 Å². The molecule has 1 aromatic carbocycles. The summed E-state index contributed by atoms with van der Waals surface area (Å²) in [7, 11) is 1.31. The smallest absolute Gasteiger partial charge is 0.319 e. The zero-order valence-electron chi connectivity index (χ0n) is 14.8. The van der Waals surface area contributed by atoms with Crippen molar-refractivity contribution in [3.8, 4) is 0 Å². The standard InChI is InChI=1S/C19H25NO5/c1-13-7-8-15-14(12-13)9-11-19(17(15)22,18(23)25-2)10-5-3-4-6-16(21)20-24/h7-8,12,24H,3-6,9-11H2,1-2H3,(H,20,21). The number of ether oxygens (including phenoxy) is 1.